The number of amidine groups is 1. The number of likely N-dealkylation sites (N-methyl/N-ethyl adjacent to an activating group) is 1. The predicted octanol–water partition coefficient (Wildman–Crippen LogP) is 2.09. The van der Waals surface area contributed by atoms with E-state index in [0.29, 0.717) is 6.42 Å². The Bertz CT molecular complexity index is 1300. The van der Waals surface area contributed by atoms with Crippen molar-refractivity contribution in [3.05, 3.63) is 65.6 Å². The summed E-state index contributed by atoms with van der Waals surface area (Å²) in [5.74, 6) is -0.520. The van der Waals surface area contributed by atoms with E-state index in [4.69, 9.17) is 5.73 Å². The van der Waals surface area contributed by atoms with Gasteiger partial charge in [0.05, 0.1) is 5.69 Å². The molecule has 0 saturated carbocycles. The van der Waals surface area contributed by atoms with Crippen LogP contribution in [0.3, 0.4) is 0 Å². The van der Waals surface area contributed by atoms with Gasteiger partial charge in [-0.25, -0.2) is 22.1 Å². The van der Waals surface area contributed by atoms with Crippen molar-refractivity contribution in [2.75, 3.05) is 13.6 Å². The van der Waals surface area contributed by atoms with E-state index < -0.39 is 26.1 Å². The Hall–Kier alpha value is -2.85. The monoisotopic (exact) mass is 444 g/mol. The van der Waals surface area contributed by atoms with Gasteiger partial charge in [0.2, 0.25) is 10.0 Å². The number of halogens is 1. The normalized spacial score (nSPS) is 23.5. The number of imidazole rings is 1. The van der Waals surface area contributed by atoms with Crippen LogP contribution >= 0.6 is 0 Å². The summed E-state index contributed by atoms with van der Waals surface area (Å²) in [6.45, 7) is 4.68. The number of nitrogens with zero attached hydrogens (tertiary/aromatic N) is 5. The zero-order valence-electron chi connectivity index (χ0n) is 17.9. The van der Waals surface area contributed by atoms with Crippen molar-refractivity contribution in [2.24, 2.45) is 10.7 Å². The van der Waals surface area contributed by atoms with Gasteiger partial charge in [-0.3, -0.25) is 9.98 Å². The zero-order valence-corrected chi connectivity index (χ0v) is 18.7. The maximum absolute atomic E-state index is 15.0. The smallest absolute Gasteiger partial charge is 0.226 e. The SMILES string of the molecule is CN1C[C@@](C)(c2cc(Cc3nccn4ccnc34)ccc2F)N=C(N)C(C)(C)S1(=O)=O. The van der Waals surface area contributed by atoms with Crippen LogP contribution in [-0.4, -0.2) is 51.3 Å². The largest absolute Gasteiger partial charge is 0.386 e. The Morgan fingerprint density at radius 1 is 1.16 bits per heavy atom. The van der Waals surface area contributed by atoms with Crippen LogP contribution in [0.5, 0.6) is 0 Å². The molecule has 0 radical (unpaired) electrons. The maximum Gasteiger partial charge on any atom is 0.226 e. The van der Waals surface area contributed by atoms with Crippen molar-refractivity contribution >= 4 is 21.5 Å². The molecule has 2 aromatic heterocycles. The minimum Gasteiger partial charge on any atom is -0.386 e. The fourth-order valence-corrected chi connectivity index (χ4v) is 5.45. The third-order valence-corrected chi connectivity index (χ3v) is 8.39. The number of nitrogens with two attached hydrogens (primary N) is 1. The van der Waals surface area contributed by atoms with Gasteiger partial charge < -0.3 is 10.1 Å². The molecule has 0 unspecified atom stereocenters. The van der Waals surface area contributed by atoms with Gasteiger partial charge in [-0.05, 0) is 38.5 Å². The fraction of sp³-hybridized carbons (Fsp3) is 0.381. The lowest BCUT2D eigenvalue weighted by molar-refractivity contribution is 0.354. The number of sulfonamides is 1. The van der Waals surface area contributed by atoms with E-state index in [0.717, 1.165) is 16.9 Å². The molecule has 164 valence electrons. The van der Waals surface area contributed by atoms with Crippen molar-refractivity contribution in [2.45, 2.75) is 37.5 Å². The number of aliphatic imine (C=N–C) groups is 1. The van der Waals surface area contributed by atoms with Crippen LogP contribution in [0, 0.1) is 5.82 Å². The van der Waals surface area contributed by atoms with Crippen LogP contribution in [0.15, 0.2) is 48.0 Å². The fourth-order valence-electron chi connectivity index (χ4n) is 3.94. The molecule has 3 aromatic rings. The number of benzene rings is 1. The Morgan fingerprint density at radius 2 is 1.84 bits per heavy atom. The van der Waals surface area contributed by atoms with E-state index in [-0.39, 0.29) is 17.9 Å². The summed E-state index contributed by atoms with van der Waals surface area (Å²) in [5.41, 5.74) is 7.50. The molecule has 10 heteroatoms. The molecule has 8 nitrogen and oxygen atoms in total. The lowest BCUT2D eigenvalue weighted by atomic mass is 9.89. The predicted molar refractivity (Wildman–Crippen MR) is 117 cm³/mol. The number of hydrogen-bond acceptors (Lipinski definition) is 6. The van der Waals surface area contributed by atoms with Gasteiger partial charge in [0.15, 0.2) is 5.65 Å². The molecule has 1 aromatic carbocycles. The van der Waals surface area contributed by atoms with Gasteiger partial charge in [0.1, 0.15) is 21.9 Å². The molecule has 0 bridgehead atoms. The first-order valence-corrected chi connectivity index (χ1v) is 11.3. The molecular weight excluding hydrogens is 419 g/mol. The number of fused-ring (bicyclic) bond motifs is 1. The standard InChI is InChI=1S/C21H25FN6O2S/c1-20(2)19(23)26-21(3,13-27(4)31(20,29)30)15-11-14(5-6-16(15)22)12-17-18-25-8-10-28(18)9-7-24-17/h5-11H,12-13H2,1-4H3,(H2,23,26)/t21-/m0/s1. The Labute approximate surface area is 180 Å². The highest BCUT2D eigenvalue weighted by molar-refractivity contribution is 7.91. The lowest BCUT2D eigenvalue weighted by Crippen LogP contribution is -2.50. The molecule has 0 saturated heterocycles. The first-order valence-electron chi connectivity index (χ1n) is 9.83. The number of hydrogen-bond donors (Lipinski definition) is 1. The Kier molecular flexibility index (Phi) is 4.90. The summed E-state index contributed by atoms with van der Waals surface area (Å²) in [6.07, 6.45) is 7.46. The molecule has 4 rings (SSSR count). The zero-order chi connectivity index (χ0) is 22.6. The van der Waals surface area contributed by atoms with Gasteiger partial charge in [-0.15, -0.1) is 0 Å². The van der Waals surface area contributed by atoms with Crippen LogP contribution < -0.4 is 5.73 Å². The average Bonchev–Trinajstić information content (AvgIpc) is 3.17. The summed E-state index contributed by atoms with van der Waals surface area (Å²) in [4.78, 5) is 13.3. The molecule has 31 heavy (non-hydrogen) atoms. The topological polar surface area (TPSA) is 106 Å². The molecule has 3 heterocycles. The van der Waals surface area contributed by atoms with Gasteiger partial charge >= 0.3 is 0 Å². The highest BCUT2D eigenvalue weighted by Gasteiger charge is 2.48. The Morgan fingerprint density at radius 3 is 2.55 bits per heavy atom. The number of rotatable bonds is 3. The highest BCUT2D eigenvalue weighted by Crippen LogP contribution is 2.36. The van der Waals surface area contributed by atoms with Crippen LogP contribution in [-0.2, 0) is 22.0 Å². The Balaban J connectivity index is 1.79. The number of aromatic nitrogens is 3. The molecule has 1 aliphatic rings. The van der Waals surface area contributed by atoms with Gasteiger partial charge in [0, 0.05) is 50.4 Å². The van der Waals surface area contributed by atoms with Crippen molar-refractivity contribution in [1.29, 1.82) is 0 Å². The minimum atomic E-state index is -3.76. The van der Waals surface area contributed by atoms with Crippen molar-refractivity contribution < 1.29 is 12.8 Å². The lowest BCUT2D eigenvalue weighted by Gasteiger charge is -2.29. The second-order valence-corrected chi connectivity index (χ2v) is 11.2. The quantitative estimate of drug-likeness (QED) is 0.666. The first kappa shape index (κ1) is 21.4. The van der Waals surface area contributed by atoms with Gasteiger partial charge in [-0.1, -0.05) is 6.07 Å². The van der Waals surface area contributed by atoms with E-state index in [1.807, 2.05) is 16.8 Å². The highest BCUT2D eigenvalue weighted by atomic mass is 32.2. The third kappa shape index (κ3) is 3.39. The average molecular weight is 445 g/mol. The molecular formula is C21H25FN6O2S. The van der Waals surface area contributed by atoms with E-state index in [9.17, 15) is 8.42 Å². The molecule has 0 fully saturated rings. The summed E-state index contributed by atoms with van der Waals surface area (Å²) >= 11 is 0. The molecule has 2 N–H and O–H groups in total. The summed E-state index contributed by atoms with van der Waals surface area (Å²) in [5, 5.41) is 0. The van der Waals surface area contributed by atoms with Gasteiger partial charge in [-0.2, -0.15) is 0 Å². The minimum absolute atomic E-state index is 0.0338. The molecule has 1 atom stereocenters. The molecule has 1 aliphatic heterocycles. The van der Waals surface area contributed by atoms with Crippen molar-refractivity contribution in [1.82, 2.24) is 18.7 Å². The molecule has 0 amide bonds. The van der Waals surface area contributed by atoms with Crippen molar-refractivity contribution in [3.8, 4) is 0 Å². The van der Waals surface area contributed by atoms with E-state index >= 15 is 4.39 Å². The van der Waals surface area contributed by atoms with Crippen LogP contribution in [0.4, 0.5) is 4.39 Å². The van der Waals surface area contributed by atoms with E-state index in [2.05, 4.69) is 15.0 Å². The molecule has 0 aliphatic carbocycles. The summed E-state index contributed by atoms with van der Waals surface area (Å²) in [7, 11) is -2.29. The second kappa shape index (κ2) is 7.10. The first-order chi connectivity index (χ1) is 14.5. The molecule has 0 spiro atoms. The summed E-state index contributed by atoms with van der Waals surface area (Å²) in [6, 6.07) is 4.77. The maximum atomic E-state index is 15.0. The second-order valence-electron chi connectivity index (χ2n) is 8.57. The van der Waals surface area contributed by atoms with Crippen LogP contribution in [0.25, 0.3) is 5.65 Å². The third-order valence-electron chi connectivity index (χ3n) is 5.94. The van der Waals surface area contributed by atoms with Crippen molar-refractivity contribution in [3.63, 3.8) is 0 Å². The van der Waals surface area contributed by atoms with Gasteiger partial charge in [0.25, 0.3) is 0 Å². The van der Waals surface area contributed by atoms with E-state index in [1.54, 1.807) is 31.5 Å². The summed E-state index contributed by atoms with van der Waals surface area (Å²) < 4.78 is 42.5. The van der Waals surface area contributed by atoms with Crippen LogP contribution in [0.2, 0.25) is 0 Å². The van der Waals surface area contributed by atoms with E-state index in [1.165, 1.54) is 31.3 Å². The van der Waals surface area contributed by atoms with Crippen LogP contribution in [0.1, 0.15) is 37.6 Å².